The van der Waals surface area contributed by atoms with Gasteiger partial charge in [-0.1, -0.05) is 29.3 Å². The fourth-order valence-electron chi connectivity index (χ4n) is 1.25. The summed E-state index contributed by atoms with van der Waals surface area (Å²) >= 11 is 11.7. The van der Waals surface area contributed by atoms with E-state index in [1.807, 2.05) is 12.1 Å². The molecule has 4 nitrogen and oxygen atoms in total. The highest BCUT2D eigenvalue weighted by atomic mass is 35.5. The summed E-state index contributed by atoms with van der Waals surface area (Å²) in [7, 11) is 0. The maximum absolute atomic E-state index is 8.57. The molecule has 2 rings (SSSR count). The summed E-state index contributed by atoms with van der Waals surface area (Å²) in [6.45, 7) is 0.506. The number of halogens is 2. The SMILES string of the molecule is N#Cc1ncn(Cc2ccc(Cl)c(Cl)c2)n1. The summed E-state index contributed by atoms with van der Waals surface area (Å²) in [5.41, 5.74) is 0.948. The molecule has 16 heavy (non-hydrogen) atoms. The van der Waals surface area contributed by atoms with Crippen LogP contribution in [0.2, 0.25) is 10.0 Å². The molecule has 0 amide bonds. The molecule has 2 aromatic rings. The molecule has 0 bridgehead atoms. The molecule has 0 unspecified atom stereocenters. The number of rotatable bonds is 2. The summed E-state index contributed by atoms with van der Waals surface area (Å²) in [5.74, 6) is 0.153. The fraction of sp³-hybridized carbons (Fsp3) is 0.100. The van der Waals surface area contributed by atoms with Gasteiger partial charge in [0, 0.05) is 0 Å². The van der Waals surface area contributed by atoms with Gasteiger partial charge in [-0.15, -0.1) is 5.10 Å². The average molecular weight is 253 g/mol. The van der Waals surface area contributed by atoms with Crippen molar-refractivity contribution >= 4 is 23.2 Å². The van der Waals surface area contributed by atoms with Gasteiger partial charge in [0.25, 0.3) is 5.82 Å². The zero-order valence-electron chi connectivity index (χ0n) is 8.06. The van der Waals surface area contributed by atoms with Crippen molar-refractivity contribution < 1.29 is 0 Å². The van der Waals surface area contributed by atoms with Gasteiger partial charge < -0.3 is 0 Å². The fourth-order valence-corrected chi connectivity index (χ4v) is 1.57. The molecule has 0 fully saturated rings. The third-order valence-corrected chi connectivity index (χ3v) is 2.70. The molecule has 1 heterocycles. The van der Waals surface area contributed by atoms with Crippen molar-refractivity contribution in [2.45, 2.75) is 6.54 Å². The van der Waals surface area contributed by atoms with Crippen molar-refractivity contribution in [3.8, 4) is 6.07 Å². The van der Waals surface area contributed by atoms with Crippen LogP contribution in [0.3, 0.4) is 0 Å². The lowest BCUT2D eigenvalue weighted by Gasteiger charge is -2.02. The van der Waals surface area contributed by atoms with Crippen LogP contribution in [-0.2, 0) is 6.54 Å². The Morgan fingerprint density at radius 1 is 1.31 bits per heavy atom. The van der Waals surface area contributed by atoms with Crippen LogP contribution in [0.15, 0.2) is 24.5 Å². The van der Waals surface area contributed by atoms with Gasteiger partial charge in [0.1, 0.15) is 12.4 Å². The maximum atomic E-state index is 8.57. The van der Waals surface area contributed by atoms with Crippen LogP contribution in [-0.4, -0.2) is 14.8 Å². The Hall–Kier alpha value is -1.57. The molecule has 80 valence electrons. The lowest BCUT2D eigenvalue weighted by Crippen LogP contribution is -2.00. The molecule has 6 heteroatoms. The molecule has 0 saturated heterocycles. The van der Waals surface area contributed by atoms with Gasteiger partial charge in [-0.25, -0.2) is 9.67 Å². The predicted octanol–water partition coefficient (Wildman–Crippen LogP) is 2.50. The van der Waals surface area contributed by atoms with Crippen LogP contribution in [0.4, 0.5) is 0 Å². The van der Waals surface area contributed by atoms with E-state index in [0.29, 0.717) is 16.6 Å². The zero-order chi connectivity index (χ0) is 11.5. The number of benzene rings is 1. The van der Waals surface area contributed by atoms with E-state index in [4.69, 9.17) is 28.5 Å². The highest BCUT2D eigenvalue weighted by Gasteiger charge is 2.02. The number of nitriles is 1. The van der Waals surface area contributed by atoms with Crippen molar-refractivity contribution in [1.29, 1.82) is 5.26 Å². The Morgan fingerprint density at radius 3 is 2.75 bits per heavy atom. The molecule has 0 N–H and O–H groups in total. The van der Waals surface area contributed by atoms with Crippen LogP contribution in [0.5, 0.6) is 0 Å². The topological polar surface area (TPSA) is 54.5 Å². The van der Waals surface area contributed by atoms with Crippen molar-refractivity contribution in [3.05, 3.63) is 46.0 Å². The largest absolute Gasteiger partial charge is 0.252 e. The minimum Gasteiger partial charge on any atom is -0.247 e. The lowest BCUT2D eigenvalue weighted by atomic mass is 10.2. The monoisotopic (exact) mass is 252 g/mol. The molecule has 1 aromatic heterocycles. The Labute approximate surface area is 102 Å². The van der Waals surface area contributed by atoms with Crippen LogP contribution in [0.25, 0.3) is 0 Å². The average Bonchev–Trinajstić information content (AvgIpc) is 2.71. The Morgan fingerprint density at radius 2 is 2.12 bits per heavy atom. The first-order valence-electron chi connectivity index (χ1n) is 4.42. The summed E-state index contributed by atoms with van der Waals surface area (Å²) < 4.78 is 1.57. The van der Waals surface area contributed by atoms with Gasteiger partial charge in [-0.3, -0.25) is 0 Å². The van der Waals surface area contributed by atoms with E-state index in [1.165, 1.54) is 6.33 Å². The zero-order valence-corrected chi connectivity index (χ0v) is 9.57. The van der Waals surface area contributed by atoms with Gasteiger partial charge >= 0.3 is 0 Å². The summed E-state index contributed by atoms with van der Waals surface area (Å²) in [4.78, 5) is 3.80. The standard InChI is InChI=1S/C10H6Cl2N4/c11-8-2-1-7(3-9(8)12)5-16-6-14-10(4-13)15-16/h1-3,6H,5H2. The van der Waals surface area contributed by atoms with E-state index in [0.717, 1.165) is 5.56 Å². The van der Waals surface area contributed by atoms with Gasteiger partial charge in [0.05, 0.1) is 16.6 Å². The van der Waals surface area contributed by atoms with E-state index in [9.17, 15) is 0 Å². The highest BCUT2D eigenvalue weighted by molar-refractivity contribution is 6.42. The second-order valence-corrected chi connectivity index (χ2v) is 3.94. The van der Waals surface area contributed by atoms with Crippen LogP contribution >= 0.6 is 23.2 Å². The lowest BCUT2D eigenvalue weighted by molar-refractivity contribution is 0.682. The first-order chi connectivity index (χ1) is 7.69. The van der Waals surface area contributed by atoms with Gasteiger partial charge in [0.15, 0.2) is 0 Å². The molecule has 0 radical (unpaired) electrons. The Kier molecular flexibility index (Phi) is 3.09. The van der Waals surface area contributed by atoms with Crippen molar-refractivity contribution in [1.82, 2.24) is 14.8 Å². The van der Waals surface area contributed by atoms with E-state index < -0.39 is 0 Å². The number of aromatic nitrogens is 3. The van der Waals surface area contributed by atoms with Crippen molar-refractivity contribution in [3.63, 3.8) is 0 Å². The summed E-state index contributed by atoms with van der Waals surface area (Å²) in [6, 6.07) is 7.20. The molecule has 0 aliphatic heterocycles. The van der Waals surface area contributed by atoms with Gasteiger partial charge in [-0.2, -0.15) is 5.26 Å². The van der Waals surface area contributed by atoms with E-state index in [1.54, 1.807) is 16.8 Å². The van der Waals surface area contributed by atoms with Crippen LogP contribution in [0.1, 0.15) is 11.4 Å². The number of nitrogens with zero attached hydrogens (tertiary/aromatic N) is 4. The molecule has 0 spiro atoms. The molecule has 0 atom stereocenters. The molecule has 1 aromatic carbocycles. The molecule has 0 aliphatic carbocycles. The normalized spacial score (nSPS) is 10.1. The van der Waals surface area contributed by atoms with E-state index in [2.05, 4.69) is 10.1 Å². The quantitative estimate of drug-likeness (QED) is 0.826. The van der Waals surface area contributed by atoms with Gasteiger partial charge in [0.2, 0.25) is 0 Å². The summed E-state index contributed by atoms with van der Waals surface area (Å²) in [5, 5.41) is 13.5. The number of hydrogen-bond acceptors (Lipinski definition) is 3. The van der Waals surface area contributed by atoms with Crippen LogP contribution in [0, 0.1) is 11.3 Å². The smallest absolute Gasteiger partial charge is 0.247 e. The Bertz CT molecular complexity index is 556. The molecule has 0 aliphatic rings. The molecule has 0 saturated carbocycles. The van der Waals surface area contributed by atoms with Crippen molar-refractivity contribution in [2.75, 3.05) is 0 Å². The third-order valence-electron chi connectivity index (χ3n) is 1.97. The van der Waals surface area contributed by atoms with Crippen molar-refractivity contribution in [2.24, 2.45) is 0 Å². The molecular weight excluding hydrogens is 247 g/mol. The number of hydrogen-bond donors (Lipinski definition) is 0. The second kappa shape index (κ2) is 4.52. The van der Waals surface area contributed by atoms with Gasteiger partial charge in [-0.05, 0) is 17.7 Å². The van der Waals surface area contributed by atoms with E-state index >= 15 is 0 Å². The minimum absolute atomic E-state index is 0.153. The first kappa shape index (κ1) is 10.9. The molecular formula is C10H6Cl2N4. The Balaban J connectivity index is 2.21. The second-order valence-electron chi connectivity index (χ2n) is 3.13. The maximum Gasteiger partial charge on any atom is 0.252 e. The predicted molar refractivity (Wildman–Crippen MR) is 60.3 cm³/mol. The minimum atomic E-state index is 0.153. The highest BCUT2D eigenvalue weighted by Crippen LogP contribution is 2.22. The first-order valence-corrected chi connectivity index (χ1v) is 5.18. The summed E-state index contributed by atoms with van der Waals surface area (Å²) in [6.07, 6.45) is 1.50. The van der Waals surface area contributed by atoms with Crippen LogP contribution < -0.4 is 0 Å². The third kappa shape index (κ3) is 2.32. The van der Waals surface area contributed by atoms with E-state index in [-0.39, 0.29) is 5.82 Å².